The van der Waals surface area contributed by atoms with Crippen LogP contribution < -0.4 is 10.1 Å². The maximum absolute atomic E-state index is 5.65. The molecule has 2 aliphatic rings. The molecule has 1 fully saturated rings. The molecule has 0 aromatic carbocycles. The molecule has 0 saturated carbocycles. The molecule has 82 valence electrons. The number of hydrogen-bond acceptors (Lipinski definition) is 3. The minimum atomic E-state index is 0. The van der Waals surface area contributed by atoms with Crippen LogP contribution in [0.1, 0.15) is 18.4 Å². The summed E-state index contributed by atoms with van der Waals surface area (Å²) in [4.78, 5) is 4.27. The third-order valence-corrected chi connectivity index (χ3v) is 3.39. The van der Waals surface area contributed by atoms with E-state index in [4.69, 9.17) is 4.74 Å². The molecule has 0 unspecified atom stereocenters. The summed E-state index contributed by atoms with van der Waals surface area (Å²) >= 11 is 0. The highest BCUT2D eigenvalue weighted by atomic mass is 35.5. The molecule has 1 aromatic rings. The van der Waals surface area contributed by atoms with Crippen molar-refractivity contribution in [2.24, 2.45) is 0 Å². The lowest BCUT2D eigenvalue weighted by Crippen LogP contribution is -2.40. The molecule has 2 aliphatic heterocycles. The number of hydrogen-bond donors (Lipinski definition) is 1. The van der Waals surface area contributed by atoms with Gasteiger partial charge in [-0.05, 0) is 32.0 Å². The largest absolute Gasteiger partial charge is 0.476 e. The van der Waals surface area contributed by atoms with Gasteiger partial charge in [-0.1, -0.05) is 6.07 Å². The predicted molar refractivity (Wildman–Crippen MR) is 60.8 cm³/mol. The quantitative estimate of drug-likeness (QED) is 0.729. The molecule has 0 amide bonds. The first-order valence-corrected chi connectivity index (χ1v) is 5.20. The summed E-state index contributed by atoms with van der Waals surface area (Å²) in [5.74, 6) is 0.856. The lowest BCUT2D eigenvalue weighted by atomic mass is 9.75. The van der Waals surface area contributed by atoms with E-state index in [1.807, 2.05) is 6.07 Å². The Kier molecular flexibility index (Phi) is 2.85. The van der Waals surface area contributed by atoms with Crippen LogP contribution >= 0.6 is 12.4 Å². The van der Waals surface area contributed by atoms with E-state index >= 15 is 0 Å². The van der Waals surface area contributed by atoms with Crippen molar-refractivity contribution in [3.63, 3.8) is 0 Å². The van der Waals surface area contributed by atoms with E-state index in [9.17, 15) is 0 Å². The number of piperidine rings is 1. The van der Waals surface area contributed by atoms with Gasteiger partial charge in [-0.3, -0.25) is 0 Å². The van der Waals surface area contributed by atoms with E-state index < -0.39 is 0 Å². The number of aromatic nitrogens is 1. The maximum atomic E-state index is 5.65. The maximum Gasteiger partial charge on any atom is 0.217 e. The molecule has 0 radical (unpaired) electrons. The highest BCUT2D eigenvalue weighted by Gasteiger charge is 2.41. The molecule has 15 heavy (non-hydrogen) atoms. The second-order valence-electron chi connectivity index (χ2n) is 4.18. The predicted octanol–water partition coefficient (Wildman–Crippen LogP) is 1.52. The second-order valence-corrected chi connectivity index (χ2v) is 4.18. The topological polar surface area (TPSA) is 34.2 Å². The number of nitrogens with one attached hydrogen (secondary N) is 1. The molecule has 0 atom stereocenters. The fraction of sp³-hybridized carbons (Fsp3) is 0.545. The van der Waals surface area contributed by atoms with Crippen molar-refractivity contribution < 1.29 is 4.74 Å². The molecule has 1 aromatic heterocycles. The van der Waals surface area contributed by atoms with Crippen LogP contribution in [0.5, 0.6) is 5.88 Å². The molecule has 1 spiro atoms. The zero-order chi connectivity index (χ0) is 9.43. The highest BCUT2D eigenvalue weighted by molar-refractivity contribution is 5.85. The molecular formula is C11H15ClN2O. The summed E-state index contributed by atoms with van der Waals surface area (Å²) in [6.07, 6.45) is 4.15. The Morgan fingerprint density at radius 2 is 2.13 bits per heavy atom. The lowest BCUT2D eigenvalue weighted by molar-refractivity contribution is 0.217. The first-order chi connectivity index (χ1) is 6.91. The van der Waals surface area contributed by atoms with Crippen LogP contribution in [0, 0.1) is 0 Å². The summed E-state index contributed by atoms with van der Waals surface area (Å²) in [7, 11) is 0. The number of pyridine rings is 1. The molecule has 0 bridgehead atoms. The Labute approximate surface area is 95.6 Å². The van der Waals surface area contributed by atoms with E-state index in [-0.39, 0.29) is 17.8 Å². The second kappa shape index (κ2) is 3.99. The molecule has 3 rings (SSSR count). The molecule has 3 nitrogen and oxygen atoms in total. The van der Waals surface area contributed by atoms with E-state index in [2.05, 4.69) is 16.4 Å². The van der Waals surface area contributed by atoms with Gasteiger partial charge in [0, 0.05) is 17.2 Å². The minimum absolute atomic E-state index is 0. The Hall–Kier alpha value is -0.800. The Morgan fingerprint density at radius 3 is 2.93 bits per heavy atom. The Balaban J connectivity index is 0.000000853. The first-order valence-electron chi connectivity index (χ1n) is 5.20. The molecular weight excluding hydrogens is 212 g/mol. The summed E-state index contributed by atoms with van der Waals surface area (Å²) < 4.78 is 5.65. The average molecular weight is 227 g/mol. The van der Waals surface area contributed by atoms with Crippen LogP contribution in [0.3, 0.4) is 0 Å². The SMILES string of the molecule is Cl.c1cnc2c(c1)C1(CCNCC1)CO2. The third kappa shape index (κ3) is 1.60. The third-order valence-electron chi connectivity index (χ3n) is 3.39. The summed E-state index contributed by atoms with van der Waals surface area (Å²) in [6, 6.07) is 4.18. The zero-order valence-corrected chi connectivity index (χ0v) is 9.35. The molecule has 4 heteroatoms. The van der Waals surface area contributed by atoms with Gasteiger partial charge in [-0.2, -0.15) is 0 Å². The van der Waals surface area contributed by atoms with Crippen molar-refractivity contribution in [2.45, 2.75) is 18.3 Å². The van der Waals surface area contributed by atoms with Crippen LogP contribution in [0.25, 0.3) is 0 Å². The lowest BCUT2D eigenvalue weighted by Gasteiger charge is -2.32. The van der Waals surface area contributed by atoms with Gasteiger partial charge < -0.3 is 10.1 Å². The van der Waals surface area contributed by atoms with Crippen molar-refractivity contribution in [1.29, 1.82) is 0 Å². The number of halogens is 1. The number of ether oxygens (including phenoxy) is 1. The Bertz CT molecular complexity index is 345. The van der Waals surface area contributed by atoms with Crippen LogP contribution in [0.4, 0.5) is 0 Å². The highest BCUT2D eigenvalue weighted by Crippen LogP contribution is 2.42. The number of nitrogens with zero attached hydrogens (tertiary/aromatic N) is 1. The van der Waals surface area contributed by atoms with Crippen molar-refractivity contribution in [2.75, 3.05) is 19.7 Å². The van der Waals surface area contributed by atoms with Crippen LogP contribution in [-0.2, 0) is 5.41 Å². The van der Waals surface area contributed by atoms with Crippen molar-refractivity contribution in [3.8, 4) is 5.88 Å². The van der Waals surface area contributed by atoms with Crippen molar-refractivity contribution >= 4 is 12.4 Å². The number of fused-ring (bicyclic) bond motifs is 2. The summed E-state index contributed by atoms with van der Waals surface area (Å²) in [5.41, 5.74) is 1.58. The van der Waals surface area contributed by atoms with E-state index in [1.54, 1.807) is 6.20 Å². The summed E-state index contributed by atoms with van der Waals surface area (Å²) in [5, 5.41) is 3.39. The fourth-order valence-corrected chi connectivity index (χ4v) is 2.51. The van der Waals surface area contributed by atoms with Gasteiger partial charge in [0.25, 0.3) is 0 Å². The van der Waals surface area contributed by atoms with Gasteiger partial charge in [0.1, 0.15) is 0 Å². The van der Waals surface area contributed by atoms with E-state index in [0.29, 0.717) is 0 Å². The van der Waals surface area contributed by atoms with Crippen molar-refractivity contribution in [1.82, 2.24) is 10.3 Å². The molecule has 0 aliphatic carbocycles. The van der Waals surface area contributed by atoms with Gasteiger partial charge in [-0.25, -0.2) is 4.98 Å². The Morgan fingerprint density at radius 1 is 1.33 bits per heavy atom. The zero-order valence-electron chi connectivity index (χ0n) is 8.53. The van der Waals surface area contributed by atoms with Crippen LogP contribution in [0.15, 0.2) is 18.3 Å². The van der Waals surface area contributed by atoms with Gasteiger partial charge in [0.15, 0.2) is 0 Å². The van der Waals surface area contributed by atoms with Gasteiger partial charge in [-0.15, -0.1) is 12.4 Å². The average Bonchev–Trinajstić information content (AvgIpc) is 2.60. The van der Waals surface area contributed by atoms with Gasteiger partial charge in [0.05, 0.1) is 6.61 Å². The normalized spacial score (nSPS) is 21.6. The van der Waals surface area contributed by atoms with Crippen LogP contribution in [0.2, 0.25) is 0 Å². The standard InChI is InChI=1S/C11H14N2O.ClH/c1-2-9-10(13-5-1)14-8-11(9)3-6-12-7-4-11;/h1-2,5,12H,3-4,6-8H2;1H. The fourth-order valence-electron chi connectivity index (χ4n) is 2.51. The summed E-state index contributed by atoms with van der Waals surface area (Å²) in [6.45, 7) is 3.01. The van der Waals surface area contributed by atoms with Gasteiger partial charge >= 0.3 is 0 Å². The van der Waals surface area contributed by atoms with E-state index in [1.165, 1.54) is 18.4 Å². The molecule has 1 saturated heterocycles. The van der Waals surface area contributed by atoms with E-state index in [0.717, 1.165) is 25.6 Å². The molecule has 1 N–H and O–H groups in total. The van der Waals surface area contributed by atoms with Crippen molar-refractivity contribution in [3.05, 3.63) is 23.9 Å². The molecule has 3 heterocycles. The smallest absolute Gasteiger partial charge is 0.217 e. The first kappa shape index (κ1) is 10.7. The number of rotatable bonds is 0. The van der Waals surface area contributed by atoms with Gasteiger partial charge in [0.2, 0.25) is 5.88 Å². The monoisotopic (exact) mass is 226 g/mol. The minimum Gasteiger partial charge on any atom is -0.476 e. The van der Waals surface area contributed by atoms with Crippen LogP contribution in [-0.4, -0.2) is 24.7 Å².